The number of nitrogens with zero attached hydrogens (tertiary/aromatic N) is 3. The Balaban J connectivity index is 1.45. The van der Waals surface area contributed by atoms with E-state index >= 15 is 0 Å². The fourth-order valence-electron chi connectivity index (χ4n) is 3.31. The largest absolute Gasteiger partial charge is 0.339 e. The molecule has 3 fully saturated rings. The number of rotatable bonds is 2. The van der Waals surface area contributed by atoms with Crippen LogP contribution in [0.3, 0.4) is 0 Å². The molecule has 3 saturated heterocycles. The van der Waals surface area contributed by atoms with Crippen molar-refractivity contribution in [3.63, 3.8) is 0 Å². The zero-order valence-corrected chi connectivity index (χ0v) is 11.3. The van der Waals surface area contributed by atoms with E-state index in [1.54, 1.807) is 0 Å². The molecule has 0 aromatic heterocycles. The smallest absolute Gasteiger partial charge is 0.227 e. The van der Waals surface area contributed by atoms with Crippen LogP contribution in [0, 0.1) is 5.92 Å². The highest BCUT2D eigenvalue weighted by Gasteiger charge is 2.38. The molecule has 3 aliphatic rings. The molecule has 0 aromatic carbocycles. The van der Waals surface area contributed by atoms with Gasteiger partial charge in [0, 0.05) is 51.9 Å². The first-order valence-electron chi connectivity index (χ1n) is 7.16. The van der Waals surface area contributed by atoms with Gasteiger partial charge in [0.05, 0.1) is 5.92 Å². The summed E-state index contributed by atoms with van der Waals surface area (Å²) in [7, 11) is 2.10. The Bertz CT molecular complexity index is 310. The Morgan fingerprint density at radius 2 is 1.83 bits per heavy atom. The second-order valence-corrected chi connectivity index (χ2v) is 5.93. The highest BCUT2D eigenvalue weighted by atomic mass is 16.2. The van der Waals surface area contributed by atoms with Crippen LogP contribution >= 0.6 is 0 Å². The standard InChI is InChI=1S/C13H24N4O/c1-15-5-2-11(8-15)13(18)17-9-12(10-17)16-6-3-14-4-7-16/h11-12,14H,2-10H2,1H3. The van der Waals surface area contributed by atoms with Crippen molar-refractivity contribution in [3.05, 3.63) is 0 Å². The SMILES string of the molecule is CN1CCC(C(=O)N2CC(N3CCNCC3)C2)C1. The summed E-state index contributed by atoms with van der Waals surface area (Å²) in [6.45, 7) is 8.41. The zero-order valence-electron chi connectivity index (χ0n) is 11.3. The van der Waals surface area contributed by atoms with Gasteiger partial charge < -0.3 is 15.1 Å². The minimum atomic E-state index is 0.263. The average Bonchev–Trinajstić information content (AvgIpc) is 2.75. The van der Waals surface area contributed by atoms with Crippen molar-refractivity contribution in [2.75, 3.05) is 59.4 Å². The number of piperazine rings is 1. The lowest BCUT2D eigenvalue weighted by molar-refractivity contribution is -0.142. The maximum absolute atomic E-state index is 12.3. The van der Waals surface area contributed by atoms with Crippen LogP contribution in [-0.4, -0.2) is 86.1 Å². The topological polar surface area (TPSA) is 38.8 Å². The van der Waals surface area contributed by atoms with Crippen molar-refractivity contribution >= 4 is 5.91 Å². The van der Waals surface area contributed by atoms with Crippen molar-refractivity contribution in [2.45, 2.75) is 12.5 Å². The first-order chi connectivity index (χ1) is 8.74. The molecule has 1 unspecified atom stereocenters. The van der Waals surface area contributed by atoms with Gasteiger partial charge in [0.2, 0.25) is 5.91 Å². The number of carbonyl (C=O) groups is 1. The van der Waals surface area contributed by atoms with Gasteiger partial charge in [0.1, 0.15) is 0 Å². The molecule has 5 heteroatoms. The Morgan fingerprint density at radius 1 is 1.11 bits per heavy atom. The van der Waals surface area contributed by atoms with Gasteiger partial charge >= 0.3 is 0 Å². The van der Waals surface area contributed by atoms with Gasteiger partial charge in [0.15, 0.2) is 0 Å². The first-order valence-corrected chi connectivity index (χ1v) is 7.16. The third-order valence-electron chi connectivity index (χ3n) is 4.58. The Morgan fingerprint density at radius 3 is 2.44 bits per heavy atom. The van der Waals surface area contributed by atoms with Crippen LogP contribution in [0.15, 0.2) is 0 Å². The average molecular weight is 252 g/mol. The number of amides is 1. The van der Waals surface area contributed by atoms with Gasteiger partial charge in [-0.1, -0.05) is 0 Å². The van der Waals surface area contributed by atoms with E-state index in [0.29, 0.717) is 11.9 Å². The molecule has 3 aliphatic heterocycles. The minimum absolute atomic E-state index is 0.263. The molecule has 3 heterocycles. The summed E-state index contributed by atoms with van der Waals surface area (Å²) >= 11 is 0. The van der Waals surface area contributed by atoms with E-state index in [-0.39, 0.29) is 5.92 Å². The molecule has 0 saturated carbocycles. The van der Waals surface area contributed by atoms with E-state index < -0.39 is 0 Å². The predicted octanol–water partition coefficient (Wildman–Crippen LogP) is -0.946. The summed E-state index contributed by atoms with van der Waals surface area (Å²) in [4.78, 5) is 19.1. The number of nitrogens with one attached hydrogen (secondary N) is 1. The van der Waals surface area contributed by atoms with Crippen molar-refractivity contribution in [2.24, 2.45) is 5.92 Å². The van der Waals surface area contributed by atoms with E-state index in [0.717, 1.165) is 58.8 Å². The van der Waals surface area contributed by atoms with Crippen LogP contribution < -0.4 is 5.32 Å². The van der Waals surface area contributed by atoms with Gasteiger partial charge in [-0.15, -0.1) is 0 Å². The summed E-state index contributed by atoms with van der Waals surface area (Å²) < 4.78 is 0. The van der Waals surface area contributed by atoms with Crippen LogP contribution in [-0.2, 0) is 4.79 Å². The molecule has 0 aliphatic carbocycles. The van der Waals surface area contributed by atoms with E-state index in [9.17, 15) is 4.79 Å². The van der Waals surface area contributed by atoms with Crippen molar-refractivity contribution in [3.8, 4) is 0 Å². The van der Waals surface area contributed by atoms with Crippen LogP contribution in [0.1, 0.15) is 6.42 Å². The lowest BCUT2D eigenvalue weighted by Crippen LogP contribution is -2.64. The molecule has 18 heavy (non-hydrogen) atoms. The van der Waals surface area contributed by atoms with Gasteiger partial charge in [-0.25, -0.2) is 0 Å². The Hall–Kier alpha value is -0.650. The Labute approximate surface area is 109 Å². The fraction of sp³-hybridized carbons (Fsp3) is 0.923. The number of carbonyl (C=O) groups excluding carboxylic acids is 1. The van der Waals surface area contributed by atoms with Crippen molar-refractivity contribution in [1.82, 2.24) is 20.0 Å². The van der Waals surface area contributed by atoms with Gasteiger partial charge in [-0.3, -0.25) is 9.69 Å². The third-order valence-corrected chi connectivity index (χ3v) is 4.58. The van der Waals surface area contributed by atoms with Gasteiger partial charge in [-0.2, -0.15) is 0 Å². The molecule has 0 spiro atoms. The maximum atomic E-state index is 12.3. The molecule has 0 aromatic rings. The van der Waals surface area contributed by atoms with Crippen molar-refractivity contribution in [1.29, 1.82) is 0 Å². The summed E-state index contributed by atoms with van der Waals surface area (Å²) in [6.07, 6.45) is 1.05. The lowest BCUT2D eigenvalue weighted by atomic mass is 10.0. The molecule has 0 radical (unpaired) electrons. The molecule has 5 nitrogen and oxygen atoms in total. The van der Waals surface area contributed by atoms with Crippen LogP contribution in [0.25, 0.3) is 0 Å². The third kappa shape index (κ3) is 2.39. The normalized spacial score (nSPS) is 31.6. The van der Waals surface area contributed by atoms with Gasteiger partial charge in [0.25, 0.3) is 0 Å². The Kier molecular flexibility index (Phi) is 3.54. The number of hydrogen-bond acceptors (Lipinski definition) is 4. The molecule has 3 rings (SSSR count). The van der Waals surface area contributed by atoms with E-state index in [1.807, 2.05) is 0 Å². The molecule has 0 bridgehead atoms. The summed E-state index contributed by atoms with van der Waals surface area (Å²) in [5.74, 6) is 0.657. The monoisotopic (exact) mass is 252 g/mol. The number of likely N-dealkylation sites (tertiary alicyclic amines) is 2. The second kappa shape index (κ2) is 5.15. The van der Waals surface area contributed by atoms with E-state index in [1.165, 1.54) is 0 Å². The van der Waals surface area contributed by atoms with Crippen LogP contribution in [0.5, 0.6) is 0 Å². The summed E-state index contributed by atoms with van der Waals surface area (Å²) in [5.41, 5.74) is 0. The highest BCUT2D eigenvalue weighted by Crippen LogP contribution is 2.22. The predicted molar refractivity (Wildman–Crippen MR) is 70.4 cm³/mol. The molecule has 102 valence electrons. The van der Waals surface area contributed by atoms with Crippen molar-refractivity contribution < 1.29 is 4.79 Å². The molecular formula is C13H24N4O. The van der Waals surface area contributed by atoms with Crippen LogP contribution in [0.2, 0.25) is 0 Å². The molecule has 1 N–H and O–H groups in total. The first kappa shape index (κ1) is 12.4. The minimum Gasteiger partial charge on any atom is -0.339 e. The maximum Gasteiger partial charge on any atom is 0.227 e. The second-order valence-electron chi connectivity index (χ2n) is 5.93. The highest BCUT2D eigenvalue weighted by molar-refractivity contribution is 5.80. The summed E-state index contributed by atoms with van der Waals surface area (Å²) in [5, 5.41) is 3.37. The quantitative estimate of drug-likeness (QED) is 0.688. The summed E-state index contributed by atoms with van der Waals surface area (Å²) in [6, 6.07) is 0.621. The van der Waals surface area contributed by atoms with Crippen LogP contribution in [0.4, 0.5) is 0 Å². The van der Waals surface area contributed by atoms with Gasteiger partial charge in [-0.05, 0) is 20.0 Å². The lowest BCUT2D eigenvalue weighted by Gasteiger charge is -2.47. The van der Waals surface area contributed by atoms with E-state index in [2.05, 4.69) is 27.1 Å². The van der Waals surface area contributed by atoms with E-state index in [4.69, 9.17) is 0 Å². The molecular weight excluding hydrogens is 228 g/mol. The molecule has 1 amide bonds. The fourth-order valence-corrected chi connectivity index (χ4v) is 3.31. The zero-order chi connectivity index (χ0) is 12.5. The molecule has 1 atom stereocenters. The number of hydrogen-bond donors (Lipinski definition) is 1.